The first-order chi connectivity index (χ1) is 7.83. The molecule has 1 heterocycles. The lowest BCUT2D eigenvalue weighted by atomic mass is 10.0. The van der Waals surface area contributed by atoms with Gasteiger partial charge in [-0.25, -0.2) is 0 Å². The summed E-state index contributed by atoms with van der Waals surface area (Å²) in [7, 11) is 0. The molecule has 1 atom stereocenters. The van der Waals surface area contributed by atoms with E-state index in [0.717, 1.165) is 12.8 Å². The van der Waals surface area contributed by atoms with E-state index in [2.05, 4.69) is 23.8 Å². The highest BCUT2D eigenvalue weighted by Crippen LogP contribution is 2.13. The summed E-state index contributed by atoms with van der Waals surface area (Å²) < 4.78 is 0. The number of thiophene rings is 1. The van der Waals surface area contributed by atoms with Crippen LogP contribution in [0.25, 0.3) is 0 Å². The van der Waals surface area contributed by atoms with Gasteiger partial charge >= 0.3 is 0 Å². The molecule has 0 saturated carbocycles. The number of hydrogen-bond donors (Lipinski definition) is 1. The molecule has 0 radical (unpaired) electrons. The highest BCUT2D eigenvalue weighted by Gasteiger charge is 2.05. The van der Waals surface area contributed by atoms with Crippen molar-refractivity contribution < 1.29 is 5.11 Å². The normalized spacial score (nSPS) is 12.9. The SMILES string of the molecule is CCCCCCCCC(O)Cc1ccsc1. The molecule has 1 nitrogen and oxygen atoms in total. The zero-order valence-corrected chi connectivity index (χ0v) is 11.1. The Morgan fingerprint density at radius 3 is 2.62 bits per heavy atom. The Morgan fingerprint density at radius 1 is 1.19 bits per heavy atom. The second-order valence-corrected chi connectivity index (χ2v) is 5.33. The van der Waals surface area contributed by atoms with Crippen LogP contribution in [0.2, 0.25) is 0 Å². The van der Waals surface area contributed by atoms with Gasteiger partial charge in [0.1, 0.15) is 0 Å². The summed E-state index contributed by atoms with van der Waals surface area (Å²) in [4.78, 5) is 0. The quantitative estimate of drug-likeness (QED) is 0.634. The van der Waals surface area contributed by atoms with Crippen molar-refractivity contribution in [3.8, 4) is 0 Å². The summed E-state index contributed by atoms with van der Waals surface area (Å²) in [6, 6.07) is 2.11. The van der Waals surface area contributed by atoms with Gasteiger partial charge in [0.15, 0.2) is 0 Å². The topological polar surface area (TPSA) is 20.2 Å². The van der Waals surface area contributed by atoms with Crippen LogP contribution in [-0.4, -0.2) is 11.2 Å². The van der Waals surface area contributed by atoms with Gasteiger partial charge in [0.2, 0.25) is 0 Å². The fourth-order valence-electron chi connectivity index (χ4n) is 1.94. The zero-order valence-electron chi connectivity index (χ0n) is 10.3. The number of rotatable bonds is 9. The first kappa shape index (κ1) is 13.7. The van der Waals surface area contributed by atoms with E-state index in [1.807, 2.05) is 0 Å². The average molecular weight is 240 g/mol. The van der Waals surface area contributed by atoms with Gasteiger partial charge in [0, 0.05) is 0 Å². The van der Waals surface area contributed by atoms with Crippen LogP contribution in [0.4, 0.5) is 0 Å². The maximum atomic E-state index is 9.83. The standard InChI is InChI=1S/C14H24OS/c1-2-3-4-5-6-7-8-14(15)11-13-9-10-16-12-13/h9-10,12,14-15H,2-8,11H2,1H3. The van der Waals surface area contributed by atoms with E-state index < -0.39 is 0 Å². The Hall–Kier alpha value is -0.340. The molecule has 0 aromatic carbocycles. The lowest BCUT2D eigenvalue weighted by molar-refractivity contribution is 0.161. The van der Waals surface area contributed by atoms with E-state index in [4.69, 9.17) is 0 Å². The molecule has 0 amide bonds. The van der Waals surface area contributed by atoms with E-state index in [9.17, 15) is 5.11 Å². The van der Waals surface area contributed by atoms with Gasteiger partial charge in [-0.05, 0) is 35.2 Å². The molecule has 1 aromatic heterocycles. The molecule has 2 heteroatoms. The third-order valence-corrected chi connectivity index (χ3v) is 3.67. The Labute approximate surface area is 104 Å². The molecule has 0 saturated heterocycles. The molecular weight excluding hydrogens is 216 g/mol. The van der Waals surface area contributed by atoms with Gasteiger partial charge in [-0.3, -0.25) is 0 Å². The van der Waals surface area contributed by atoms with Gasteiger partial charge in [-0.15, -0.1) is 0 Å². The summed E-state index contributed by atoms with van der Waals surface area (Å²) in [5.41, 5.74) is 1.28. The maximum absolute atomic E-state index is 9.83. The highest BCUT2D eigenvalue weighted by molar-refractivity contribution is 7.07. The van der Waals surface area contributed by atoms with E-state index in [0.29, 0.717) is 0 Å². The number of unbranched alkanes of at least 4 members (excludes halogenated alkanes) is 5. The molecule has 0 spiro atoms. The minimum atomic E-state index is -0.138. The Morgan fingerprint density at radius 2 is 1.94 bits per heavy atom. The number of hydrogen-bond acceptors (Lipinski definition) is 2. The molecule has 0 fully saturated rings. The van der Waals surface area contributed by atoms with Crippen LogP contribution in [0, 0.1) is 0 Å². The van der Waals surface area contributed by atoms with Crippen molar-refractivity contribution in [3.63, 3.8) is 0 Å². The van der Waals surface area contributed by atoms with E-state index >= 15 is 0 Å². The predicted molar refractivity (Wildman–Crippen MR) is 72.0 cm³/mol. The van der Waals surface area contributed by atoms with E-state index in [1.165, 1.54) is 44.1 Å². The Bertz CT molecular complexity index is 243. The molecule has 1 rings (SSSR count). The van der Waals surface area contributed by atoms with Crippen LogP contribution in [-0.2, 0) is 6.42 Å². The van der Waals surface area contributed by atoms with Crippen molar-refractivity contribution in [2.24, 2.45) is 0 Å². The lowest BCUT2D eigenvalue weighted by Gasteiger charge is -2.09. The lowest BCUT2D eigenvalue weighted by Crippen LogP contribution is -2.09. The van der Waals surface area contributed by atoms with E-state index in [-0.39, 0.29) is 6.10 Å². The van der Waals surface area contributed by atoms with Gasteiger partial charge in [0.25, 0.3) is 0 Å². The van der Waals surface area contributed by atoms with Crippen molar-refractivity contribution in [1.82, 2.24) is 0 Å². The minimum absolute atomic E-state index is 0.138. The minimum Gasteiger partial charge on any atom is -0.393 e. The number of aliphatic hydroxyl groups is 1. The maximum Gasteiger partial charge on any atom is 0.0580 e. The Balaban J connectivity index is 1.96. The van der Waals surface area contributed by atoms with Crippen LogP contribution in [0.15, 0.2) is 16.8 Å². The molecule has 92 valence electrons. The molecule has 16 heavy (non-hydrogen) atoms. The van der Waals surface area contributed by atoms with Crippen LogP contribution in [0.1, 0.15) is 57.4 Å². The predicted octanol–water partition coefficient (Wildman–Crippen LogP) is 4.40. The molecular formula is C14H24OS. The van der Waals surface area contributed by atoms with Gasteiger partial charge in [-0.1, -0.05) is 45.4 Å². The van der Waals surface area contributed by atoms with Crippen LogP contribution in [0.3, 0.4) is 0 Å². The molecule has 0 aliphatic heterocycles. The second-order valence-electron chi connectivity index (χ2n) is 4.55. The average Bonchev–Trinajstić information content (AvgIpc) is 2.76. The third-order valence-electron chi connectivity index (χ3n) is 2.94. The van der Waals surface area contributed by atoms with Crippen molar-refractivity contribution >= 4 is 11.3 Å². The molecule has 0 bridgehead atoms. The molecule has 1 aromatic rings. The first-order valence-electron chi connectivity index (χ1n) is 6.52. The molecule has 1 unspecified atom stereocenters. The van der Waals surface area contributed by atoms with Crippen molar-refractivity contribution in [1.29, 1.82) is 0 Å². The summed E-state index contributed by atoms with van der Waals surface area (Å²) in [6.45, 7) is 2.24. The zero-order chi connectivity index (χ0) is 11.6. The monoisotopic (exact) mass is 240 g/mol. The largest absolute Gasteiger partial charge is 0.393 e. The second kappa shape index (κ2) is 8.77. The summed E-state index contributed by atoms with van der Waals surface area (Å²) in [5, 5.41) is 14.0. The smallest absolute Gasteiger partial charge is 0.0580 e. The summed E-state index contributed by atoms with van der Waals surface area (Å²) in [5.74, 6) is 0. The fraction of sp³-hybridized carbons (Fsp3) is 0.714. The number of aliphatic hydroxyl groups excluding tert-OH is 1. The van der Waals surface area contributed by atoms with Gasteiger partial charge in [0.05, 0.1) is 6.10 Å². The summed E-state index contributed by atoms with van der Waals surface area (Å²) >= 11 is 1.71. The van der Waals surface area contributed by atoms with Crippen molar-refractivity contribution in [2.75, 3.05) is 0 Å². The summed E-state index contributed by atoms with van der Waals surface area (Å²) in [6.07, 6.45) is 9.46. The Kier molecular flexibility index (Phi) is 7.52. The van der Waals surface area contributed by atoms with Crippen molar-refractivity contribution in [3.05, 3.63) is 22.4 Å². The van der Waals surface area contributed by atoms with E-state index in [1.54, 1.807) is 11.3 Å². The van der Waals surface area contributed by atoms with Crippen LogP contribution >= 0.6 is 11.3 Å². The molecule has 0 aliphatic carbocycles. The van der Waals surface area contributed by atoms with Crippen LogP contribution < -0.4 is 0 Å². The van der Waals surface area contributed by atoms with Crippen molar-refractivity contribution in [2.45, 2.75) is 64.4 Å². The molecule has 0 aliphatic rings. The fourth-order valence-corrected chi connectivity index (χ4v) is 2.62. The highest BCUT2D eigenvalue weighted by atomic mass is 32.1. The van der Waals surface area contributed by atoms with Gasteiger partial charge < -0.3 is 5.11 Å². The first-order valence-corrected chi connectivity index (χ1v) is 7.46. The van der Waals surface area contributed by atoms with Gasteiger partial charge in [-0.2, -0.15) is 11.3 Å². The third kappa shape index (κ3) is 6.29. The van der Waals surface area contributed by atoms with Crippen LogP contribution in [0.5, 0.6) is 0 Å². The molecule has 1 N–H and O–H groups in total.